The summed E-state index contributed by atoms with van der Waals surface area (Å²) in [6.07, 6.45) is 3.73. The lowest BCUT2D eigenvalue weighted by Gasteiger charge is -2.19. The van der Waals surface area contributed by atoms with Gasteiger partial charge in [0.2, 0.25) is 0 Å². The van der Waals surface area contributed by atoms with Crippen molar-refractivity contribution in [1.29, 1.82) is 0 Å². The summed E-state index contributed by atoms with van der Waals surface area (Å²) in [5.74, 6) is 2.62. The highest BCUT2D eigenvalue weighted by Gasteiger charge is 2.19. The van der Waals surface area contributed by atoms with Crippen LogP contribution in [0.4, 0.5) is 0 Å². The number of ether oxygens (including phenoxy) is 2. The first kappa shape index (κ1) is 16.9. The highest BCUT2D eigenvalue weighted by molar-refractivity contribution is 5.69. The maximum atomic E-state index is 9.50. The van der Waals surface area contributed by atoms with E-state index in [2.05, 4.69) is 16.5 Å². The highest BCUT2D eigenvalue weighted by atomic mass is 16.5. The molecule has 0 unspecified atom stereocenters. The summed E-state index contributed by atoms with van der Waals surface area (Å²) in [6.45, 7) is 4.07. The fraction of sp³-hybridized carbons (Fsp3) is 0.250. The van der Waals surface area contributed by atoms with Crippen molar-refractivity contribution in [2.75, 3.05) is 14.2 Å². The number of hydrogen-bond acceptors (Lipinski definition) is 4. The minimum Gasteiger partial charge on any atom is -0.508 e. The van der Waals surface area contributed by atoms with Gasteiger partial charge in [-0.1, -0.05) is 12.1 Å². The maximum absolute atomic E-state index is 9.50. The molecule has 1 aromatic heterocycles. The van der Waals surface area contributed by atoms with Gasteiger partial charge in [0.05, 0.1) is 25.8 Å². The van der Waals surface area contributed by atoms with Gasteiger partial charge in [-0.15, -0.1) is 0 Å². The average molecular weight is 338 g/mol. The van der Waals surface area contributed by atoms with Gasteiger partial charge in [0.25, 0.3) is 0 Å². The molecule has 1 atom stereocenters. The fourth-order valence-electron chi connectivity index (χ4n) is 3.08. The van der Waals surface area contributed by atoms with Crippen molar-refractivity contribution in [3.05, 3.63) is 59.9 Å². The average Bonchev–Trinajstić information content (AvgIpc) is 3.11. The normalized spacial score (nSPS) is 12.0. The van der Waals surface area contributed by atoms with Gasteiger partial charge in [0.15, 0.2) is 0 Å². The Morgan fingerprint density at radius 1 is 1.04 bits per heavy atom. The number of phenolic OH excluding ortho intramolecular Hbond substituents is 1. The van der Waals surface area contributed by atoms with Gasteiger partial charge in [-0.2, -0.15) is 0 Å². The molecule has 0 saturated carbocycles. The largest absolute Gasteiger partial charge is 0.508 e. The molecule has 130 valence electrons. The summed E-state index contributed by atoms with van der Waals surface area (Å²) in [5, 5.41) is 9.50. The lowest BCUT2D eigenvalue weighted by molar-refractivity contribution is 0.389. The van der Waals surface area contributed by atoms with Crippen molar-refractivity contribution < 1.29 is 14.6 Å². The third-order valence-electron chi connectivity index (χ3n) is 4.48. The summed E-state index contributed by atoms with van der Waals surface area (Å²) >= 11 is 0. The molecule has 0 amide bonds. The number of benzene rings is 2. The number of phenols is 1. The molecule has 5 heteroatoms. The second-order valence-corrected chi connectivity index (χ2v) is 5.90. The number of aromatic hydroxyl groups is 1. The Morgan fingerprint density at radius 2 is 1.76 bits per heavy atom. The van der Waals surface area contributed by atoms with Gasteiger partial charge in [-0.05, 0) is 43.7 Å². The second-order valence-electron chi connectivity index (χ2n) is 5.90. The van der Waals surface area contributed by atoms with Crippen LogP contribution in [0.1, 0.15) is 24.1 Å². The van der Waals surface area contributed by atoms with Crippen LogP contribution in [-0.4, -0.2) is 28.9 Å². The van der Waals surface area contributed by atoms with E-state index in [4.69, 9.17) is 9.47 Å². The van der Waals surface area contributed by atoms with E-state index in [0.29, 0.717) is 0 Å². The van der Waals surface area contributed by atoms with Crippen LogP contribution in [-0.2, 0) is 0 Å². The van der Waals surface area contributed by atoms with Crippen LogP contribution in [0.15, 0.2) is 48.8 Å². The van der Waals surface area contributed by atoms with E-state index >= 15 is 0 Å². The fourth-order valence-corrected chi connectivity index (χ4v) is 3.08. The van der Waals surface area contributed by atoms with Crippen molar-refractivity contribution in [3.8, 4) is 28.6 Å². The summed E-state index contributed by atoms with van der Waals surface area (Å²) in [6, 6.07) is 11.2. The zero-order valence-corrected chi connectivity index (χ0v) is 14.9. The Balaban J connectivity index is 2.08. The first-order chi connectivity index (χ1) is 12.1. The van der Waals surface area contributed by atoms with Crippen molar-refractivity contribution in [3.63, 3.8) is 0 Å². The molecule has 3 rings (SSSR count). The van der Waals surface area contributed by atoms with Crippen LogP contribution >= 0.6 is 0 Å². The molecule has 0 spiro atoms. The van der Waals surface area contributed by atoms with Crippen molar-refractivity contribution in [2.24, 2.45) is 0 Å². The second kappa shape index (κ2) is 6.89. The Hall–Kier alpha value is -2.95. The zero-order valence-electron chi connectivity index (χ0n) is 14.9. The number of hydrogen-bond donors (Lipinski definition) is 1. The molecule has 0 radical (unpaired) electrons. The summed E-state index contributed by atoms with van der Waals surface area (Å²) in [5.41, 5.74) is 2.94. The van der Waals surface area contributed by atoms with Crippen molar-refractivity contribution in [2.45, 2.75) is 19.9 Å². The molecule has 0 saturated heterocycles. The number of methoxy groups -OCH3 is 2. The van der Waals surface area contributed by atoms with Crippen LogP contribution in [0.2, 0.25) is 0 Å². The van der Waals surface area contributed by atoms with Crippen LogP contribution in [0.3, 0.4) is 0 Å². The first-order valence-electron chi connectivity index (χ1n) is 8.10. The third kappa shape index (κ3) is 3.05. The molecule has 5 nitrogen and oxygen atoms in total. The standard InChI is InChI=1S/C20H22N2O3/c1-13-18(24-3)10-9-17(19(13)25-4)20-21-11-12-22(20)14(2)15-5-7-16(23)8-6-15/h5-12,14,23H,1-4H3/t14-/m1/s1. The van der Waals surface area contributed by atoms with E-state index in [0.717, 1.165) is 34.0 Å². The summed E-state index contributed by atoms with van der Waals surface area (Å²) in [4.78, 5) is 4.55. The highest BCUT2D eigenvalue weighted by Crippen LogP contribution is 2.38. The molecule has 1 N–H and O–H groups in total. The van der Waals surface area contributed by atoms with Crippen LogP contribution in [0.5, 0.6) is 17.2 Å². The molecule has 25 heavy (non-hydrogen) atoms. The quantitative estimate of drug-likeness (QED) is 0.758. The van der Waals surface area contributed by atoms with Gasteiger partial charge in [-0.25, -0.2) is 4.98 Å². The molecular formula is C20H22N2O3. The summed E-state index contributed by atoms with van der Waals surface area (Å²) < 4.78 is 13.1. The minimum atomic E-state index is 0.0604. The molecule has 1 heterocycles. The monoisotopic (exact) mass is 338 g/mol. The van der Waals surface area contributed by atoms with E-state index in [1.54, 1.807) is 32.5 Å². The molecule has 2 aromatic carbocycles. The first-order valence-corrected chi connectivity index (χ1v) is 8.10. The predicted octanol–water partition coefficient (Wildman–Crippen LogP) is 4.19. The zero-order chi connectivity index (χ0) is 18.0. The topological polar surface area (TPSA) is 56.5 Å². The number of imidazole rings is 1. The van der Waals surface area contributed by atoms with E-state index in [-0.39, 0.29) is 11.8 Å². The predicted molar refractivity (Wildman–Crippen MR) is 97.4 cm³/mol. The van der Waals surface area contributed by atoms with Gasteiger partial charge < -0.3 is 19.1 Å². The van der Waals surface area contributed by atoms with Crippen LogP contribution < -0.4 is 9.47 Å². The molecule has 0 aliphatic heterocycles. The molecule has 0 bridgehead atoms. The van der Waals surface area contributed by atoms with E-state index in [9.17, 15) is 5.11 Å². The van der Waals surface area contributed by atoms with Gasteiger partial charge in [0.1, 0.15) is 23.1 Å². The number of rotatable bonds is 5. The smallest absolute Gasteiger partial charge is 0.144 e. The Bertz CT molecular complexity index is 869. The Labute approximate surface area is 147 Å². The van der Waals surface area contributed by atoms with E-state index in [1.165, 1.54) is 0 Å². The SMILES string of the molecule is COc1ccc(-c2nccn2[C@H](C)c2ccc(O)cc2)c(OC)c1C. The molecule has 0 fully saturated rings. The lowest BCUT2D eigenvalue weighted by atomic mass is 10.1. The van der Waals surface area contributed by atoms with Gasteiger partial charge in [-0.3, -0.25) is 0 Å². The number of aromatic nitrogens is 2. The van der Waals surface area contributed by atoms with Gasteiger partial charge >= 0.3 is 0 Å². The Morgan fingerprint density at radius 3 is 2.40 bits per heavy atom. The van der Waals surface area contributed by atoms with Crippen molar-refractivity contribution in [1.82, 2.24) is 9.55 Å². The molecule has 0 aliphatic rings. The minimum absolute atomic E-state index is 0.0604. The van der Waals surface area contributed by atoms with E-state index < -0.39 is 0 Å². The third-order valence-corrected chi connectivity index (χ3v) is 4.48. The molecule has 0 aliphatic carbocycles. The maximum Gasteiger partial charge on any atom is 0.144 e. The van der Waals surface area contributed by atoms with E-state index in [1.807, 2.05) is 37.4 Å². The van der Waals surface area contributed by atoms with Gasteiger partial charge in [0, 0.05) is 18.0 Å². The number of nitrogens with zero attached hydrogens (tertiary/aromatic N) is 2. The molecule has 3 aromatic rings. The van der Waals surface area contributed by atoms with Crippen LogP contribution in [0, 0.1) is 6.92 Å². The Kier molecular flexibility index (Phi) is 4.65. The summed E-state index contributed by atoms with van der Waals surface area (Å²) in [7, 11) is 3.30. The van der Waals surface area contributed by atoms with Crippen LogP contribution in [0.25, 0.3) is 11.4 Å². The lowest BCUT2D eigenvalue weighted by Crippen LogP contribution is -2.08. The molecular weight excluding hydrogens is 316 g/mol. The van der Waals surface area contributed by atoms with Crippen molar-refractivity contribution >= 4 is 0 Å².